The van der Waals surface area contributed by atoms with Gasteiger partial charge in [0.25, 0.3) is 0 Å². The lowest BCUT2D eigenvalue weighted by Crippen LogP contribution is -2.30. The Kier molecular flexibility index (Phi) is 7.01. The SMILES string of the molecule is CN(CCc1ccncc1)C(=O)CCNc1ccc(Oc2ccccc2)cc1. The van der Waals surface area contributed by atoms with E-state index in [1.54, 1.807) is 17.3 Å². The van der Waals surface area contributed by atoms with Crippen molar-refractivity contribution in [2.45, 2.75) is 12.8 Å². The lowest BCUT2D eigenvalue weighted by molar-refractivity contribution is -0.129. The van der Waals surface area contributed by atoms with Gasteiger partial charge in [-0.2, -0.15) is 0 Å². The minimum absolute atomic E-state index is 0.130. The fourth-order valence-corrected chi connectivity index (χ4v) is 2.74. The molecule has 0 bridgehead atoms. The molecule has 1 amide bonds. The second kappa shape index (κ2) is 10.1. The van der Waals surface area contributed by atoms with Gasteiger partial charge in [-0.1, -0.05) is 18.2 Å². The summed E-state index contributed by atoms with van der Waals surface area (Å²) in [5.41, 5.74) is 2.15. The molecule has 0 spiro atoms. The van der Waals surface area contributed by atoms with Crippen molar-refractivity contribution in [3.63, 3.8) is 0 Å². The molecule has 1 heterocycles. The highest BCUT2D eigenvalue weighted by Gasteiger charge is 2.08. The summed E-state index contributed by atoms with van der Waals surface area (Å²) < 4.78 is 5.78. The zero-order valence-electron chi connectivity index (χ0n) is 16.0. The van der Waals surface area contributed by atoms with Crippen LogP contribution in [0.15, 0.2) is 79.1 Å². The van der Waals surface area contributed by atoms with Crippen molar-refractivity contribution < 1.29 is 9.53 Å². The summed E-state index contributed by atoms with van der Waals surface area (Å²) in [6.45, 7) is 1.30. The van der Waals surface area contributed by atoms with Gasteiger partial charge in [0.1, 0.15) is 11.5 Å². The molecule has 3 rings (SSSR count). The summed E-state index contributed by atoms with van der Waals surface area (Å²) in [5.74, 6) is 1.72. The highest BCUT2D eigenvalue weighted by molar-refractivity contribution is 5.76. The van der Waals surface area contributed by atoms with Crippen molar-refractivity contribution in [3.8, 4) is 11.5 Å². The van der Waals surface area contributed by atoms with Gasteiger partial charge in [-0.05, 0) is 60.5 Å². The summed E-state index contributed by atoms with van der Waals surface area (Å²) in [6, 6.07) is 21.4. The summed E-state index contributed by atoms with van der Waals surface area (Å²) in [5, 5.41) is 3.28. The highest BCUT2D eigenvalue weighted by atomic mass is 16.5. The van der Waals surface area contributed by atoms with E-state index in [1.165, 1.54) is 5.56 Å². The Hall–Kier alpha value is -3.34. The number of carbonyl (C=O) groups excluding carboxylic acids is 1. The van der Waals surface area contributed by atoms with Gasteiger partial charge in [0.15, 0.2) is 0 Å². The third-order valence-electron chi connectivity index (χ3n) is 4.41. The zero-order chi connectivity index (χ0) is 19.6. The molecule has 0 aliphatic heterocycles. The predicted molar refractivity (Wildman–Crippen MR) is 112 cm³/mol. The van der Waals surface area contributed by atoms with Gasteiger partial charge in [-0.25, -0.2) is 0 Å². The number of pyridine rings is 1. The molecule has 0 saturated carbocycles. The number of aromatic nitrogens is 1. The van der Waals surface area contributed by atoms with Crippen LogP contribution in [0.5, 0.6) is 11.5 Å². The Labute approximate surface area is 166 Å². The largest absolute Gasteiger partial charge is 0.457 e. The Morgan fingerprint density at radius 1 is 0.964 bits per heavy atom. The van der Waals surface area contributed by atoms with Crippen LogP contribution in [0.2, 0.25) is 0 Å². The lowest BCUT2D eigenvalue weighted by Gasteiger charge is -2.17. The molecule has 1 aromatic heterocycles. The smallest absolute Gasteiger partial charge is 0.224 e. The summed E-state index contributed by atoms with van der Waals surface area (Å²) in [4.78, 5) is 18.0. The molecular weight excluding hydrogens is 350 g/mol. The number of hydrogen-bond donors (Lipinski definition) is 1. The highest BCUT2D eigenvalue weighted by Crippen LogP contribution is 2.22. The molecule has 0 aliphatic carbocycles. The molecule has 0 radical (unpaired) electrons. The fourth-order valence-electron chi connectivity index (χ4n) is 2.74. The molecular formula is C23H25N3O2. The van der Waals surface area contributed by atoms with E-state index in [0.717, 1.165) is 23.6 Å². The molecule has 0 atom stereocenters. The first-order valence-corrected chi connectivity index (χ1v) is 9.40. The lowest BCUT2D eigenvalue weighted by atomic mass is 10.2. The van der Waals surface area contributed by atoms with E-state index >= 15 is 0 Å². The van der Waals surface area contributed by atoms with Crippen LogP contribution >= 0.6 is 0 Å². The Bertz CT molecular complexity index is 852. The minimum Gasteiger partial charge on any atom is -0.457 e. The Morgan fingerprint density at radius 2 is 1.64 bits per heavy atom. The molecule has 0 unspecified atom stereocenters. The third-order valence-corrected chi connectivity index (χ3v) is 4.41. The van der Waals surface area contributed by atoms with Crippen LogP contribution in [-0.4, -0.2) is 35.9 Å². The van der Waals surface area contributed by atoms with Crippen LogP contribution in [0.4, 0.5) is 5.69 Å². The van der Waals surface area contributed by atoms with Crippen molar-refractivity contribution in [2.24, 2.45) is 0 Å². The van der Waals surface area contributed by atoms with Gasteiger partial charge >= 0.3 is 0 Å². The van der Waals surface area contributed by atoms with Crippen LogP contribution in [-0.2, 0) is 11.2 Å². The van der Waals surface area contributed by atoms with E-state index in [9.17, 15) is 4.79 Å². The number of benzene rings is 2. The molecule has 1 N–H and O–H groups in total. The molecule has 28 heavy (non-hydrogen) atoms. The van der Waals surface area contributed by atoms with Gasteiger partial charge < -0.3 is 15.0 Å². The molecule has 2 aromatic carbocycles. The average Bonchev–Trinajstić information content (AvgIpc) is 2.74. The van der Waals surface area contributed by atoms with Crippen LogP contribution in [0.1, 0.15) is 12.0 Å². The van der Waals surface area contributed by atoms with Crippen LogP contribution in [0, 0.1) is 0 Å². The van der Waals surface area contributed by atoms with Gasteiger partial charge in [0, 0.05) is 44.6 Å². The first-order valence-electron chi connectivity index (χ1n) is 9.40. The van der Waals surface area contributed by atoms with Gasteiger partial charge in [-0.3, -0.25) is 9.78 Å². The van der Waals surface area contributed by atoms with E-state index < -0.39 is 0 Å². The Balaban J connectivity index is 1.38. The number of nitrogens with one attached hydrogen (secondary N) is 1. The normalized spacial score (nSPS) is 10.3. The second-order valence-corrected chi connectivity index (χ2v) is 6.54. The zero-order valence-corrected chi connectivity index (χ0v) is 16.0. The van der Waals surface area contributed by atoms with Crippen LogP contribution in [0.25, 0.3) is 0 Å². The van der Waals surface area contributed by atoms with E-state index in [1.807, 2.05) is 73.8 Å². The maximum Gasteiger partial charge on any atom is 0.224 e. The molecule has 5 heteroatoms. The monoisotopic (exact) mass is 375 g/mol. The average molecular weight is 375 g/mol. The summed E-state index contributed by atoms with van der Waals surface area (Å²) in [7, 11) is 1.85. The second-order valence-electron chi connectivity index (χ2n) is 6.54. The van der Waals surface area contributed by atoms with Crippen molar-refractivity contribution in [3.05, 3.63) is 84.7 Å². The fraction of sp³-hybridized carbons (Fsp3) is 0.217. The maximum atomic E-state index is 12.3. The molecule has 3 aromatic rings. The number of carbonyl (C=O) groups is 1. The number of amides is 1. The van der Waals surface area contributed by atoms with Crippen LogP contribution < -0.4 is 10.1 Å². The van der Waals surface area contributed by atoms with Crippen molar-refractivity contribution >= 4 is 11.6 Å². The molecule has 0 aliphatic rings. The summed E-state index contributed by atoms with van der Waals surface area (Å²) in [6.07, 6.45) is 4.84. The van der Waals surface area contributed by atoms with E-state index in [2.05, 4.69) is 10.3 Å². The third kappa shape index (κ3) is 6.13. The van der Waals surface area contributed by atoms with Gasteiger partial charge in [0.05, 0.1) is 0 Å². The number of nitrogens with zero attached hydrogens (tertiary/aromatic N) is 2. The quantitative estimate of drug-likeness (QED) is 0.603. The Morgan fingerprint density at radius 3 is 2.36 bits per heavy atom. The first-order chi connectivity index (χ1) is 13.7. The van der Waals surface area contributed by atoms with E-state index in [0.29, 0.717) is 19.5 Å². The first kappa shape index (κ1) is 19.4. The number of para-hydroxylation sites is 1. The minimum atomic E-state index is 0.130. The standard InChI is InChI=1S/C23H25N3O2/c1-26(18-14-19-11-15-24-16-12-19)23(27)13-17-25-20-7-9-22(10-8-20)28-21-5-3-2-4-6-21/h2-12,15-16,25H,13-14,17-18H2,1H3. The van der Waals surface area contributed by atoms with E-state index in [-0.39, 0.29) is 5.91 Å². The maximum absolute atomic E-state index is 12.3. The predicted octanol–water partition coefficient (Wildman–Crippen LogP) is 4.38. The van der Waals surface area contributed by atoms with Gasteiger partial charge in [0.2, 0.25) is 5.91 Å². The number of rotatable bonds is 9. The van der Waals surface area contributed by atoms with Crippen molar-refractivity contribution in [1.82, 2.24) is 9.88 Å². The van der Waals surface area contributed by atoms with Crippen LogP contribution in [0.3, 0.4) is 0 Å². The number of ether oxygens (including phenoxy) is 1. The molecule has 0 saturated heterocycles. The van der Waals surface area contributed by atoms with Gasteiger partial charge in [-0.15, -0.1) is 0 Å². The summed E-state index contributed by atoms with van der Waals surface area (Å²) >= 11 is 0. The number of hydrogen-bond acceptors (Lipinski definition) is 4. The van der Waals surface area contributed by atoms with E-state index in [4.69, 9.17) is 4.74 Å². The van der Waals surface area contributed by atoms with Crippen molar-refractivity contribution in [1.29, 1.82) is 0 Å². The molecule has 144 valence electrons. The number of likely N-dealkylation sites (N-methyl/N-ethyl adjacent to an activating group) is 1. The van der Waals surface area contributed by atoms with Crippen molar-refractivity contribution in [2.75, 3.05) is 25.5 Å². The number of anilines is 1. The molecule has 5 nitrogen and oxygen atoms in total. The molecule has 0 fully saturated rings. The topological polar surface area (TPSA) is 54.5 Å².